The van der Waals surface area contributed by atoms with E-state index in [1.54, 1.807) is 40.7 Å². The molecular formula is C27H35FN2O6. The Hall–Kier alpha value is -3.46. The maximum Gasteiger partial charge on any atom is 0.408 e. The van der Waals surface area contributed by atoms with Gasteiger partial charge in [0, 0.05) is 0 Å². The summed E-state index contributed by atoms with van der Waals surface area (Å²) in [5.74, 6) is -1.74. The third-order valence-electron chi connectivity index (χ3n) is 5.09. The molecule has 0 fully saturated rings. The highest BCUT2D eigenvalue weighted by Crippen LogP contribution is 2.21. The van der Waals surface area contributed by atoms with Crippen LogP contribution >= 0.6 is 0 Å². The standard InChI is InChI=1S/C27H35FN2O6/c1-17(2)23(25(32)34-6)30-24(31)22(29-26(33)36-27(3,4)5)16-35-15-18-10-12-19(13-11-18)20-8-7-9-21(28)14-20/h7-14,17,22-23H,15-16H2,1-6H3,(H,29,33)(H,30,31). The average Bonchev–Trinajstić information content (AvgIpc) is 2.80. The molecule has 0 bridgehead atoms. The molecule has 2 aromatic rings. The molecule has 2 rings (SSSR count). The van der Waals surface area contributed by atoms with E-state index in [9.17, 15) is 18.8 Å². The highest BCUT2D eigenvalue weighted by Gasteiger charge is 2.30. The molecule has 2 atom stereocenters. The fourth-order valence-corrected chi connectivity index (χ4v) is 3.27. The van der Waals surface area contributed by atoms with Crippen LogP contribution in [0.4, 0.5) is 9.18 Å². The number of nitrogens with one attached hydrogen (secondary N) is 2. The van der Waals surface area contributed by atoms with Crippen molar-refractivity contribution in [1.82, 2.24) is 10.6 Å². The first-order valence-electron chi connectivity index (χ1n) is 11.7. The number of alkyl carbamates (subject to hydrolysis) is 1. The van der Waals surface area contributed by atoms with Gasteiger partial charge in [0.1, 0.15) is 23.5 Å². The van der Waals surface area contributed by atoms with Crippen LogP contribution in [0.25, 0.3) is 11.1 Å². The first-order chi connectivity index (χ1) is 16.9. The van der Waals surface area contributed by atoms with Crippen LogP contribution in [0.3, 0.4) is 0 Å². The molecule has 2 unspecified atom stereocenters. The Morgan fingerprint density at radius 2 is 1.64 bits per heavy atom. The second-order valence-electron chi connectivity index (χ2n) is 9.67. The van der Waals surface area contributed by atoms with Gasteiger partial charge >= 0.3 is 12.1 Å². The molecule has 0 aliphatic carbocycles. The predicted octanol–water partition coefficient (Wildman–Crippen LogP) is 4.22. The van der Waals surface area contributed by atoms with Gasteiger partial charge in [0.2, 0.25) is 5.91 Å². The molecule has 0 radical (unpaired) electrons. The summed E-state index contributed by atoms with van der Waals surface area (Å²) >= 11 is 0. The van der Waals surface area contributed by atoms with Crippen molar-refractivity contribution in [1.29, 1.82) is 0 Å². The van der Waals surface area contributed by atoms with E-state index >= 15 is 0 Å². The van der Waals surface area contributed by atoms with Crippen molar-refractivity contribution >= 4 is 18.0 Å². The molecule has 0 saturated carbocycles. The lowest BCUT2D eigenvalue weighted by Crippen LogP contribution is -2.55. The van der Waals surface area contributed by atoms with Gasteiger partial charge in [0.15, 0.2) is 0 Å². The number of amides is 2. The monoisotopic (exact) mass is 502 g/mol. The van der Waals surface area contributed by atoms with Gasteiger partial charge in [0.25, 0.3) is 0 Å². The van der Waals surface area contributed by atoms with Gasteiger partial charge in [-0.3, -0.25) is 4.79 Å². The summed E-state index contributed by atoms with van der Waals surface area (Å²) in [6, 6.07) is 11.7. The summed E-state index contributed by atoms with van der Waals surface area (Å²) in [7, 11) is 1.24. The molecule has 0 heterocycles. The van der Waals surface area contributed by atoms with Crippen molar-refractivity contribution in [3.8, 4) is 11.1 Å². The number of benzene rings is 2. The second-order valence-corrected chi connectivity index (χ2v) is 9.67. The maximum atomic E-state index is 13.5. The number of ether oxygens (including phenoxy) is 3. The number of esters is 1. The second kappa shape index (κ2) is 13.0. The van der Waals surface area contributed by atoms with E-state index in [-0.39, 0.29) is 24.9 Å². The number of rotatable bonds is 10. The summed E-state index contributed by atoms with van der Waals surface area (Å²) in [6.07, 6.45) is -0.787. The van der Waals surface area contributed by atoms with Crippen molar-refractivity contribution in [2.75, 3.05) is 13.7 Å². The van der Waals surface area contributed by atoms with Gasteiger partial charge in [-0.25, -0.2) is 14.0 Å². The molecule has 2 amide bonds. The Kier molecular flexibility index (Phi) is 10.4. The molecule has 196 valence electrons. The number of halogens is 1. The Morgan fingerprint density at radius 3 is 2.19 bits per heavy atom. The van der Waals surface area contributed by atoms with Crippen LogP contribution in [0.15, 0.2) is 48.5 Å². The van der Waals surface area contributed by atoms with Crippen molar-refractivity contribution in [3.05, 3.63) is 59.9 Å². The van der Waals surface area contributed by atoms with Crippen molar-refractivity contribution < 1.29 is 33.0 Å². The summed E-state index contributed by atoms with van der Waals surface area (Å²) < 4.78 is 29.2. The smallest absolute Gasteiger partial charge is 0.408 e. The number of methoxy groups -OCH3 is 1. The SMILES string of the molecule is COC(=O)C(NC(=O)C(COCc1ccc(-c2cccc(F)c2)cc1)NC(=O)OC(C)(C)C)C(C)C. The zero-order chi connectivity index (χ0) is 26.9. The third kappa shape index (κ3) is 9.30. The summed E-state index contributed by atoms with van der Waals surface area (Å²) in [4.78, 5) is 37.3. The van der Waals surface area contributed by atoms with Crippen LogP contribution < -0.4 is 10.6 Å². The zero-order valence-electron chi connectivity index (χ0n) is 21.6. The zero-order valence-corrected chi connectivity index (χ0v) is 21.6. The lowest BCUT2D eigenvalue weighted by atomic mass is 10.0. The van der Waals surface area contributed by atoms with Crippen LogP contribution in [-0.4, -0.2) is 49.4 Å². The summed E-state index contributed by atoms with van der Waals surface area (Å²) in [5.41, 5.74) is 1.67. The van der Waals surface area contributed by atoms with E-state index in [4.69, 9.17) is 14.2 Å². The number of hydrogen-bond acceptors (Lipinski definition) is 6. The van der Waals surface area contributed by atoms with E-state index in [2.05, 4.69) is 10.6 Å². The molecule has 2 aromatic carbocycles. The lowest BCUT2D eigenvalue weighted by Gasteiger charge is -2.26. The number of hydrogen-bond donors (Lipinski definition) is 2. The van der Waals surface area contributed by atoms with E-state index in [0.29, 0.717) is 0 Å². The molecule has 36 heavy (non-hydrogen) atoms. The minimum atomic E-state index is -1.11. The Balaban J connectivity index is 2.06. The van der Waals surface area contributed by atoms with Gasteiger partial charge in [0.05, 0.1) is 20.3 Å². The fraction of sp³-hybridized carbons (Fsp3) is 0.444. The van der Waals surface area contributed by atoms with E-state index in [1.807, 2.05) is 30.3 Å². The van der Waals surface area contributed by atoms with Crippen molar-refractivity contribution in [3.63, 3.8) is 0 Å². The molecule has 0 aromatic heterocycles. The van der Waals surface area contributed by atoms with Crippen molar-refractivity contribution in [2.24, 2.45) is 5.92 Å². The maximum absolute atomic E-state index is 13.5. The van der Waals surface area contributed by atoms with E-state index < -0.39 is 35.7 Å². The van der Waals surface area contributed by atoms with E-state index in [0.717, 1.165) is 16.7 Å². The summed E-state index contributed by atoms with van der Waals surface area (Å²) in [6.45, 7) is 8.65. The average molecular weight is 503 g/mol. The Morgan fingerprint density at radius 1 is 0.972 bits per heavy atom. The van der Waals surface area contributed by atoms with Crippen LogP contribution in [0.5, 0.6) is 0 Å². The number of carbonyl (C=O) groups is 3. The summed E-state index contributed by atoms with van der Waals surface area (Å²) in [5, 5.41) is 5.13. The molecule has 0 saturated heterocycles. The van der Waals surface area contributed by atoms with Crippen molar-refractivity contribution in [2.45, 2.75) is 58.9 Å². The molecule has 0 spiro atoms. The highest BCUT2D eigenvalue weighted by atomic mass is 19.1. The molecule has 2 N–H and O–H groups in total. The first-order valence-corrected chi connectivity index (χ1v) is 11.7. The van der Waals surface area contributed by atoms with Gasteiger partial charge in [-0.05, 0) is 55.5 Å². The third-order valence-corrected chi connectivity index (χ3v) is 5.09. The van der Waals surface area contributed by atoms with Gasteiger partial charge in [-0.1, -0.05) is 50.2 Å². The highest BCUT2D eigenvalue weighted by molar-refractivity contribution is 5.89. The molecular weight excluding hydrogens is 467 g/mol. The minimum Gasteiger partial charge on any atom is -0.467 e. The van der Waals surface area contributed by atoms with Gasteiger partial charge in [-0.2, -0.15) is 0 Å². The fourth-order valence-electron chi connectivity index (χ4n) is 3.27. The topological polar surface area (TPSA) is 103 Å². The lowest BCUT2D eigenvalue weighted by molar-refractivity contribution is -0.146. The molecule has 9 heteroatoms. The Labute approximate surface area is 211 Å². The van der Waals surface area contributed by atoms with Crippen LogP contribution in [0.2, 0.25) is 0 Å². The molecule has 0 aliphatic rings. The van der Waals surface area contributed by atoms with Gasteiger partial charge < -0.3 is 24.8 Å². The first kappa shape index (κ1) is 28.8. The van der Waals surface area contributed by atoms with Crippen LogP contribution in [0, 0.1) is 11.7 Å². The largest absolute Gasteiger partial charge is 0.467 e. The number of carbonyl (C=O) groups excluding carboxylic acids is 3. The quantitative estimate of drug-likeness (QED) is 0.472. The Bertz CT molecular complexity index is 1030. The van der Waals surface area contributed by atoms with Crippen LogP contribution in [0.1, 0.15) is 40.2 Å². The normalized spacial score (nSPS) is 13.0. The predicted molar refractivity (Wildman–Crippen MR) is 133 cm³/mol. The molecule has 8 nitrogen and oxygen atoms in total. The van der Waals surface area contributed by atoms with Crippen LogP contribution in [-0.2, 0) is 30.4 Å². The van der Waals surface area contributed by atoms with E-state index in [1.165, 1.54) is 19.2 Å². The minimum absolute atomic E-state index is 0.161. The van der Waals surface area contributed by atoms with Gasteiger partial charge in [-0.15, -0.1) is 0 Å². The molecule has 0 aliphatic heterocycles.